The monoisotopic (exact) mass is 443 g/mol. The van der Waals surface area contributed by atoms with Crippen LogP contribution in [-0.4, -0.2) is 44.2 Å². The van der Waals surface area contributed by atoms with Crippen LogP contribution in [0.2, 0.25) is 0 Å². The largest absolute Gasteiger partial charge is 0.343 e. The van der Waals surface area contributed by atoms with Gasteiger partial charge in [-0.1, -0.05) is 32.0 Å². The molecule has 1 heterocycles. The Morgan fingerprint density at radius 2 is 1.81 bits per heavy atom. The lowest BCUT2D eigenvalue weighted by Crippen LogP contribution is -2.39. The number of sulfonamides is 1. The molecular weight excluding hydrogens is 414 g/mol. The Morgan fingerprint density at radius 1 is 1.10 bits per heavy atom. The van der Waals surface area contributed by atoms with Crippen molar-refractivity contribution in [3.8, 4) is 0 Å². The fourth-order valence-corrected chi connectivity index (χ4v) is 5.30. The molecule has 7 nitrogen and oxygen atoms in total. The van der Waals surface area contributed by atoms with Gasteiger partial charge in [-0.15, -0.1) is 0 Å². The number of nitrogens with zero attached hydrogens (tertiary/aromatic N) is 1. The smallest absolute Gasteiger partial charge is 0.251 e. The number of para-hydroxylation sites is 1. The van der Waals surface area contributed by atoms with Crippen LogP contribution in [0.1, 0.15) is 42.6 Å². The van der Waals surface area contributed by atoms with Gasteiger partial charge in [0.05, 0.1) is 11.4 Å². The second kappa shape index (κ2) is 10.1. The number of anilines is 1. The Morgan fingerprint density at radius 3 is 2.48 bits per heavy atom. The third-order valence-electron chi connectivity index (χ3n) is 5.46. The van der Waals surface area contributed by atoms with Crippen LogP contribution in [0.15, 0.2) is 53.4 Å². The molecule has 8 heteroatoms. The van der Waals surface area contributed by atoms with Crippen molar-refractivity contribution in [1.29, 1.82) is 0 Å². The molecule has 2 aromatic rings. The van der Waals surface area contributed by atoms with Crippen LogP contribution in [-0.2, 0) is 21.2 Å². The standard InChI is InChI=1S/C23H29N3O4S/c1-3-18-8-4-5-9-21(18)25-22(27)15-24-23(28)19-10-12-20(13-11-19)31(29,30)26-14-6-7-17(2)16-26/h4-5,8-13,17H,3,6-7,14-16H2,1-2H3,(H,24,28)(H,25,27)/t17-/m1/s1. The average Bonchev–Trinajstić information content (AvgIpc) is 2.78. The summed E-state index contributed by atoms with van der Waals surface area (Å²) in [5.41, 5.74) is 2.04. The van der Waals surface area contributed by atoms with Crippen molar-refractivity contribution in [1.82, 2.24) is 9.62 Å². The summed E-state index contributed by atoms with van der Waals surface area (Å²) in [4.78, 5) is 24.7. The second-order valence-corrected chi connectivity index (χ2v) is 9.81. The van der Waals surface area contributed by atoms with Crippen LogP contribution < -0.4 is 10.6 Å². The SMILES string of the molecule is CCc1ccccc1NC(=O)CNC(=O)c1ccc(S(=O)(=O)N2CCC[C@@H](C)C2)cc1. The minimum absolute atomic E-state index is 0.173. The van der Waals surface area contributed by atoms with E-state index in [0.717, 1.165) is 30.5 Å². The van der Waals surface area contributed by atoms with Gasteiger partial charge in [0.2, 0.25) is 15.9 Å². The molecule has 2 aromatic carbocycles. The van der Waals surface area contributed by atoms with Crippen molar-refractivity contribution in [3.05, 3.63) is 59.7 Å². The zero-order chi connectivity index (χ0) is 22.4. The fourth-order valence-electron chi connectivity index (χ4n) is 3.70. The molecule has 2 N–H and O–H groups in total. The van der Waals surface area contributed by atoms with Gasteiger partial charge in [-0.3, -0.25) is 9.59 Å². The van der Waals surface area contributed by atoms with Gasteiger partial charge >= 0.3 is 0 Å². The van der Waals surface area contributed by atoms with Crippen molar-refractivity contribution in [2.75, 3.05) is 25.0 Å². The summed E-state index contributed by atoms with van der Waals surface area (Å²) < 4.78 is 27.2. The first-order valence-electron chi connectivity index (χ1n) is 10.6. The third kappa shape index (κ3) is 5.71. The van der Waals surface area contributed by atoms with Crippen molar-refractivity contribution < 1.29 is 18.0 Å². The molecule has 0 saturated carbocycles. The summed E-state index contributed by atoms with van der Waals surface area (Å²) in [7, 11) is -3.57. The first-order chi connectivity index (χ1) is 14.8. The number of hydrogen-bond donors (Lipinski definition) is 2. The summed E-state index contributed by atoms with van der Waals surface area (Å²) in [6.45, 7) is 4.91. The van der Waals surface area contributed by atoms with E-state index in [9.17, 15) is 18.0 Å². The molecule has 166 valence electrons. The normalized spacial score (nSPS) is 17.2. The molecule has 0 aliphatic carbocycles. The number of nitrogens with one attached hydrogen (secondary N) is 2. The van der Waals surface area contributed by atoms with Crippen LogP contribution in [0.4, 0.5) is 5.69 Å². The molecule has 0 bridgehead atoms. The van der Waals surface area contributed by atoms with E-state index < -0.39 is 15.9 Å². The maximum absolute atomic E-state index is 12.8. The Kier molecular flexibility index (Phi) is 7.46. The topological polar surface area (TPSA) is 95.6 Å². The zero-order valence-electron chi connectivity index (χ0n) is 17.9. The van der Waals surface area contributed by atoms with E-state index in [2.05, 4.69) is 10.6 Å². The average molecular weight is 444 g/mol. The van der Waals surface area contributed by atoms with E-state index in [1.165, 1.54) is 28.6 Å². The van der Waals surface area contributed by atoms with Gasteiger partial charge in [0, 0.05) is 24.3 Å². The van der Waals surface area contributed by atoms with Crippen molar-refractivity contribution in [2.24, 2.45) is 5.92 Å². The van der Waals surface area contributed by atoms with E-state index in [0.29, 0.717) is 24.6 Å². The van der Waals surface area contributed by atoms with E-state index in [4.69, 9.17) is 0 Å². The molecule has 31 heavy (non-hydrogen) atoms. The van der Waals surface area contributed by atoms with Crippen LogP contribution in [0.3, 0.4) is 0 Å². The van der Waals surface area contributed by atoms with Gasteiger partial charge in [0.1, 0.15) is 0 Å². The summed E-state index contributed by atoms with van der Waals surface area (Å²) in [5.74, 6) is -0.425. The molecule has 0 spiro atoms. The molecule has 0 radical (unpaired) electrons. The van der Waals surface area contributed by atoms with Gasteiger partial charge in [-0.2, -0.15) is 4.31 Å². The number of carbonyl (C=O) groups excluding carboxylic acids is 2. The highest BCUT2D eigenvalue weighted by atomic mass is 32.2. The third-order valence-corrected chi connectivity index (χ3v) is 7.34. The Bertz CT molecular complexity index is 1040. The summed E-state index contributed by atoms with van der Waals surface area (Å²) in [6, 6.07) is 13.3. The highest BCUT2D eigenvalue weighted by Crippen LogP contribution is 2.23. The molecule has 3 rings (SSSR count). The van der Waals surface area contributed by atoms with Crippen LogP contribution in [0.5, 0.6) is 0 Å². The zero-order valence-corrected chi connectivity index (χ0v) is 18.7. The molecule has 1 aliphatic rings. The minimum Gasteiger partial charge on any atom is -0.343 e. The molecule has 0 unspecified atom stereocenters. The maximum atomic E-state index is 12.8. The molecule has 1 fully saturated rings. The minimum atomic E-state index is -3.57. The highest BCUT2D eigenvalue weighted by Gasteiger charge is 2.28. The van der Waals surface area contributed by atoms with Crippen LogP contribution in [0.25, 0.3) is 0 Å². The van der Waals surface area contributed by atoms with Crippen LogP contribution in [0, 0.1) is 5.92 Å². The van der Waals surface area contributed by atoms with Gasteiger partial charge in [-0.25, -0.2) is 8.42 Å². The van der Waals surface area contributed by atoms with Gasteiger partial charge in [0.15, 0.2) is 0 Å². The number of piperidine rings is 1. The van der Waals surface area contributed by atoms with E-state index in [-0.39, 0.29) is 17.3 Å². The number of amides is 2. The summed E-state index contributed by atoms with van der Waals surface area (Å²) >= 11 is 0. The predicted molar refractivity (Wildman–Crippen MR) is 120 cm³/mol. The van der Waals surface area contributed by atoms with Crippen molar-refractivity contribution >= 4 is 27.5 Å². The van der Waals surface area contributed by atoms with Crippen molar-refractivity contribution in [2.45, 2.75) is 38.0 Å². The molecule has 1 saturated heterocycles. The van der Waals surface area contributed by atoms with Gasteiger partial charge < -0.3 is 10.6 Å². The highest BCUT2D eigenvalue weighted by molar-refractivity contribution is 7.89. The Balaban J connectivity index is 1.58. The lowest BCUT2D eigenvalue weighted by molar-refractivity contribution is -0.115. The quantitative estimate of drug-likeness (QED) is 0.688. The summed E-state index contributed by atoms with van der Waals surface area (Å²) in [5, 5.41) is 5.37. The Hall–Kier alpha value is -2.71. The van der Waals surface area contributed by atoms with E-state index in [1.54, 1.807) is 0 Å². The van der Waals surface area contributed by atoms with E-state index in [1.807, 2.05) is 38.1 Å². The molecular formula is C23H29N3O4S. The van der Waals surface area contributed by atoms with E-state index >= 15 is 0 Å². The number of aryl methyl sites for hydroxylation is 1. The number of rotatable bonds is 7. The molecule has 2 amide bonds. The lowest BCUT2D eigenvalue weighted by atomic mass is 10.0. The Labute approximate surface area is 183 Å². The first kappa shape index (κ1) is 23.0. The molecule has 0 aromatic heterocycles. The number of carbonyl (C=O) groups is 2. The van der Waals surface area contributed by atoms with Gasteiger partial charge in [0.25, 0.3) is 5.91 Å². The van der Waals surface area contributed by atoms with Crippen molar-refractivity contribution in [3.63, 3.8) is 0 Å². The number of benzene rings is 2. The fraction of sp³-hybridized carbons (Fsp3) is 0.391. The second-order valence-electron chi connectivity index (χ2n) is 7.88. The molecule has 1 atom stereocenters. The summed E-state index contributed by atoms with van der Waals surface area (Å²) in [6.07, 6.45) is 2.67. The predicted octanol–water partition coefficient (Wildman–Crippen LogP) is 3.04. The van der Waals surface area contributed by atoms with Crippen LogP contribution >= 0.6 is 0 Å². The van der Waals surface area contributed by atoms with Gasteiger partial charge in [-0.05, 0) is 61.1 Å². The number of hydrogen-bond acceptors (Lipinski definition) is 4. The molecule has 1 aliphatic heterocycles. The first-order valence-corrected chi connectivity index (χ1v) is 12.0. The maximum Gasteiger partial charge on any atom is 0.251 e. The lowest BCUT2D eigenvalue weighted by Gasteiger charge is -2.30.